The van der Waals surface area contributed by atoms with Crippen LogP contribution in [0.2, 0.25) is 10.0 Å². The summed E-state index contributed by atoms with van der Waals surface area (Å²) in [6.45, 7) is -0.0170. The summed E-state index contributed by atoms with van der Waals surface area (Å²) in [6, 6.07) is 9.08. The zero-order valence-electron chi connectivity index (χ0n) is 14.3. The fourth-order valence-corrected chi connectivity index (χ4v) is 3.13. The van der Waals surface area contributed by atoms with Crippen LogP contribution in [0.3, 0.4) is 0 Å². The van der Waals surface area contributed by atoms with Crippen molar-refractivity contribution in [2.24, 2.45) is 0 Å². The van der Waals surface area contributed by atoms with Gasteiger partial charge in [0.15, 0.2) is 11.5 Å². The van der Waals surface area contributed by atoms with E-state index in [1.54, 1.807) is 18.2 Å². The minimum Gasteiger partial charge on any atom is -0.454 e. The Hall–Kier alpha value is -2.91. The minimum absolute atomic E-state index is 0.0170. The lowest BCUT2D eigenvalue weighted by Crippen LogP contribution is -2.15. The Morgan fingerprint density at radius 3 is 2.55 bits per heavy atom. The average molecular weight is 443 g/mol. The van der Waals surface area contributed by atoms with Crippen molar-refractivity contribution >= 4 is 40.7 Å². The number of nitrogen functional groups attached to an aromatic ring is 1. The highest BCUT2D eigenvalue weighted by Gasteiger charge is 2.39. The molecule has 0 bridgehead atoms. The van der Waals surface area contributed by atoms with Gasteiger partial charge in [0.25, 0.3) is 0 Å². The van der Waals surface area contributed by atoms with Crippen LogP contribution in [-0.2, 0) is 6.18 Å². The maximum atomic E-state index is 13.7. The fraction of sp³-hybridized carbons (Fsp3) is 0.111. The lowest BCUT2D eigenvalue weighted by molar-refractivity contribution is -0.136. The molecule has 150 valence electrons. The van der Waals surface area contributed by atoms with E-state index >= 15 is 0 Å². The van der Waals surface area contributed by atoms with Crippen molar-refractivity contribution < 1.29 is 22.6 Å². The van der Waals surface area contributed by atoms with Gasteiger partial charge in [0, 0.05) is 5.56 Å². The first-order valence-corrected chi connectivity index (χ1v) is 8.85. The molecule has 1 aromatic heterocycles. The van der Waals surface area contributed by atoms with Gasteiger partial charge in [-0.3, -0.25) is 0 Å². The zero-order chi connectivity index (χ0) is 20.8. The molecule has 2 heterocycles. The number of benzene rings is 2. The smallest absolute Gasteiger partial charge is 0.422 e. The van der Waals surface area contributed by atoms with E-state index in [2.05, 4.69) is 15.3 Å². The van der Waals surface area contributed by atoms with Gasteiger partial charge in [0.2, 0.25) is 12.7 Å². The first kappa shape index (κ1) is 19.4. The average Bonchev–Trinajstić information content (AvgIpc) is 3.11. The highest BCUT2D eigenvalue weighted by atomic mass is 35.5. The molecule has 6 nitrogen and oxygen atoms in total. The van der Waals surface area contributed by atoms with Crippen molar-refractivity contribution in [1.82, 2.24) is 9.97 Å². The van der Waals surface area contributed by atoms with Crippen molar-refractivity contribution in [2.45, 2.75) is 6.18 Å². The van der Waals surface area contributed by atoms with Crippen LogP contribution in [0.25, 0.3) is 11.3 Å². The third-order valence-corrected chi connectivity index (χ3v) is 4.88. The van der Waals surface area contributed by atoms with Crippen LogP contribution in [0.15, 0.2) is 36.4 Å². The Kier molecular flexibility index (Phi) is 4.79. The molecule has 0 unspecified atom stereocenters. The number of alkyl halides is 3. The van der Waals surface area contributed by atoms with E-state index in [1.165, 1.54) is 18.2 Å². The number of aromatic nitrogens is 2. The molecule has 0 amide bonds. The summed E-state index contributed by atoms with van der Waals surface area (Å²) < 4.78 is 51.5. The number of rotatable bonds is 3. The summed E-state index contributed by atoms with van der Waals surface area (Å²) in [5, 5.41) is 3.18. The first-order chi connectivity index (χ1) is 13.7. The molecule has 0 spiro atoms. The SMILES string of the molecule is Nc1nc(Nc2cccc(Cl)c2Cl)nc(-c2ccc3c(c2)OCO3)c1C(F)(F)F. The molecule has 29 heavy (non-hydrogen) atoms. The number of hydrogen-bond donors (Lipinski definition) is 2. The Bertz CT molecular complexity index is 1110. The molecule has 3 N–H and O–H groups in total. The highest BCUT2D eigenvalue weighted by molar-refractivity contribution is 6.43. The van der Waals surface area contributed by atoms with E-state index < -0.39 is 23.3 Å². The number of hydrogen-bond acceptors (Lipinski definition) is 6. The van der Waals surface area contributed by atoms with Crippen molar-refractivity contribution in [1.29, 1.82) is 0 Å². The van der Waals surface area contributed by atoms with Gasteiger partial charge < -0.3 is 20.5 Å². The fourth-order valence-electron chi connectivity index (χ4n) is 2.79. The molecule has 0 aliphatic carbocycles. The van der Waals surface area contributed by atoms with Gasteiger partial charge in [0.05, 0.1) is 21.4 Å². The number of nitrogens with zero attached hydrogens (tertiary/aromatic N) is 2. The molecule has 0 radical (unpaired) electrons. The Morgan fingerprint density at radius 1 is 1.03 bits per heavy atom. The highest BCUT2D eigenvalue weighted by Crippen LogP contribution is 2.43. The third-order valence-electron chi connectivity index (χ3n) is 4.06. The lowest BCUT2D eigenvalue weighted by Gasteiger charge is -2.16. The molecule has 1 aliphatic rings. The van der Waals surface area contributed by atoms with Crippen LogP contribution >= 0.6 is 23.2 Å². The Morgan fingerprint density at radius 2 is 1.79 bits per heavy atom. The normalized spacial score (nSPS) is 12.9. The molecule has 1 aliphatic heterocycles. The van der Waals surface area contributed by atoms with E-state index in [0.29, 0.717) is 17.2 Å². The molecule has 0 fully saturated rings. The molecule has 2 aromatic carbocycles. The number of ether oxygens (including phenoxy) is 2. The molecular weight excluding hydrogens is 432 g/mol. The predicted molar refractivity (Wildman–Crippen MR) is 103 cm³/mol. The van der Waals surface area contributed by atoms with Gasteiger partial charge in [-0.1, -0.05) is 29.3 Å². The molecule has 11 heteroatoms. The molecule has 3 aromatic rings. The van der Waals surface area contributed by atoms with Gasteiger partial charge in [-0.2, -0.15) is 18.2 Å². The second-order valence-electron chi connectivity index (χ2n) is 5.95. The van der Waals surface area contributed by atoms with E-state index in [9.17, 15) is 13.2 Å². The first-order valence-electron chi connectivity index (χ1n) is 8.10. The summed E-state index contributed by atoms with van der Waals surface area (Å²) in [5.74, 6) is -0.179. The third kappa shape index (κ3) is 3.70. The van der Waals surface area contributed by atoms with Crippen LogP contribution in [0.5, 0.6) is 11.5 Å². The topological polar surface area (TPSA) is 82.3 Å². The number of anilines is 3. The second kappa shape index (κ2) is 7.16. The monoisotopic (exact) mass is 442 g/mol. The van der Waals surface area contributed by atoms with E-state index in [-0.39, 0.29) is 28.3 Å². The standard InChI is InChI=1S/C18H11Cl2F3N4O2/c19-9-2-1-3-10(14(9)20)25-17-26-15(13(16(24)27-17)18(21,22)23)8-4-5-11-12(6-8)29-7-28-11/h1-6H,7H2,(H3,24,25,26,27). The van der Waals surface area contributed by atoms with Crippen LogP contribution in [0, 0.1) is 0 Å². The quantitative estimate of drug-likeness (QED) is 0.555. The van der Waals surface area contributed by atoms with Crippen LogP contribution in [0.1, 0.15) is 5.56 Å². The molecule has 0 saturated heterocycles. The number of halogens is 5. The zero-order valence-corrected chi connectivity index (χ0v) is 15.9. The van der Waals surface area contributed by atoms with Gasteiger partial charge in [0.1, 0.15) is 11.4 Å². The minimum atomic E-state index is -4.78. The van der Waals surface area contributed by atoms with Gasteiger partial charge in [-0.05, 0) is 30.3 Å². The van der Waals surface area contributed by atoms with E-state index in [1.807, 2.05) is 0 Å². The largest absolute Gasteiger partial charge is 0.454 e. The van der Waals surface area contributed by atoms with Gasteiger partial charge in [-0.25, -0.2) is 4.98 Å². The molecule has 0 atom stereocenters. The summed E-state index contributed by atoms with van der Waals surface area (Å²) in [5.41, 5.74) is 4.54. The van der Waals surface area contributed by atoms with Gasteiger partial charge in [-0.15, -0.1) is 0 Å². The Labute approximate surface area is 172 Å². The van der Waals surface area contributed by atoms with Gasteiger partial charge >= 0.3 is 6.18 Å². The number of nitrogens with two attached hydrogens (primary N) is 1. The van der Waals surface area contributed by atoms with Crippen molar-refractivity contribution in [3.05, 3.63) is 52.0 Å². The molecular formula is C18H11Cl2F3N4O2. The van der Waals surface area contributed by atoms with E-state index in [0.717, 1.165) is 0 Å². The summed E-state index contributed by atoms with van der Waals surface area (Å²) in [7, 11) is 0. The summed E-state index contributed by atoms with van der Waals surface area (Å²) in [6.07, 6.45) is -4.78. The van der Waals surface area contributed by atoms with Crippen molar-refractivity contribution in [3.8, 4) is 22.8 Å². The Balaban J connectivity index is 1.85. The summed E-state index contributed by atoms with van der Waals surface area (Å²) >= 11 is 12.1. The summed E-state index contributed by atoms with van der Waals surface area (Å²) in [4.78, 5) is 7.78. The maximum absolute atomic E-state index is 13.7. The molecule has 4 rings (SSSR count). The second-order valence-corrected chi connectivity index (χ2v) is 6.73. The maximum Gasteiger partial charge on any atom is 0.422 e. The predicted octanol–water partition coefficient (Wildman–Crippen LogP) is 5.52. The number of nitrogens with one attached hydrogen (secondary N) is 1. The van der Waals surface area contributed by atoms with Crippen molar-refractivity contribution in [3.63, 3.8) is 0 Å². The number of fused-ring (bicyclic) bond motifs is 1. The van der Waals surface area contributed by atoms with Crippen LogP contribution in [-0.4, -0.2) is 16.8 Å². The van der Waals surface area contributed by atoms with Crippen LogP contribution in [0.4, 0.5) is 30.6 Å². The van der Waals surface area contributed by atoms with Crippen LogP contribution < -0.4 is 20.5 Å². The molecule has 0 saturated carbocycles. The van der Waals surface area contributed by atoms with E-state index in [4.69, 9.17) is 38.4 Å². The van der Waals surface area contributed by atoms with Crippen molar-refractivity contribution in [2.75, 3.05) is 17.8 Å². The lowest BCUT2D eigenvalue weighted by atomic mass is 10.1.